The van der Waals surface area contributed by atoms with Crippen molar-refractivity contribution >= 4 is 12.4 Å². The number of methoxy groups -OCH3 is 2. The molecule has 1 aliphatic rings. The minimum atomic E-state index is -0.478. The Balaban J connectivity index is 1.32. The second kappa shape index (κ2) is 10.6. The van der Waals surface area contributed by atoms with Crippen LogP contribution in [-0.4, -0.2) is 39.8 Å². The number of nitrogens with one attached hydrogen (secondary N) is 1. The van der Waals surface area contributed by atoms with E-state index in [4.69, 9.17) is 14.2 Å². The van der Waals surface area contributed by atoms with Gasteiger partial charge in [-0.05, 0) is 34.4 Å². The van der Waals surface area contributed by atoms with Crippen LogP contribution in [0.15, 0.2) is 60.7 Å². The zero-order chi connectivity index (χ0) is 23.9. The Hall–Kier alpha value is -4.24. The Morgan fingerprint density at radius 2 is 1.56 bits per heavy atom. The number of aldehydes is 1. The largest absolute Gasteiger partial charge is 0.495 e. The zero-order valence-electron chi connectivity index (χ0n) is 19.1. The maximum absolute atomic E-state index is 12.3. The summed E-state index contributed by atoms with van der Waals surface area (Å²) in [4.78, 5) is 23.4. The van der Waals surface area contributed by atoms with Crippen LogP contribution in [0.1, 0.15) is 39.4 Å². The topological polar surface area (TPSA) is 73.9 Å². The maximum Gasteiger partial charge on any atom is 0.407 e. The van der Waals surface area contributed by atoms with Crippen molar-refractivity contribution in [3.8, 4) is 34.5 Å². The molecule has 34 heavy (non-hydrogen) atoms. The molecule has 1 amide bonds. The molecule has 1 N–H and O–H groups in total. The van der Waals surface area contributed by atoms with E-state index in [1.165, 1.54) is 36.5 Å². The van der Waals surface area contributed by atoms with Gasteiger partial charge in [0.25, 0.3) is 0 Å². The second-order valence-corrected chi connectivity index (χ2v) is 7.72. The first kappa shape index (κ1) is 22.9. The Labute approximate surface area is 198 Å². The molecule has 172 valence electrons. The van der Waals surface area contributed by atoms with Crippen molar-refractivity contribution < 1.29 is 23.8 Å². The van der Waals surface area contributed by atoms with Gasteiger partial charge in [-0.3, -0.25) is 4.79 Å². The quantitative estimate of drug-likeness (QED) is 0.315. The summed E-state index contributed by atoms with van der Waals surface area (Å²) < 4.78 is 16.2. The highest BCUT2D eigenvalue weighted by atomic mass is 16.5. The van der Waals surface area contributed by atoms with Crippen molar-refractivity contribution in [2.45, 2.75) is 12.3 Å². The monoisotopic (exact) mass is 455 g/mol. The van der Waals surface area contributed by atoms with E-state index in [-0.39, 0.29) is 12.5 Å². The molecule has 3 aromatic carbocycles. The molecule has 0 atom stereocenters. The van der Waals surface area contributed by atoms with Gasteiger partial charge < -0.3 is 19.5 Å². The number of alkyl carbamates (subject to hydrolysis) is 1. The predicted octanol–water partition coefficient (Wildman–Crippen LogP) is 4.80. The third-order valence-electron chi connectivity index (χ3n) is 5.74. The highest BCUT2D eigenvalue weighted by molar-refractivity contribution is 5.79. The van der Waals surface area contributed by atoms with E-state index in [0.29, 0.717) is 35.6 Å². The fourth-order valence-electron chi connectivity index (χ4n) is 4.15. The van der Waals surface area contributed by atoms with Crippen molar-refractivity contribution in [3.63, 3.8) is 0 Å². The molecule has 1 aliphatic carbocycles. The van der Waals surface area contributed by atoms with E-state index in [1.54, 1.807) is 12.1 Å². The van der Waals surface area contributed by atoms with Crippen molar-refractivity contribution in [1.82, 2.24) is 5.32 Å². The molecular weight excluding hydrogens is 430 g/mol. The number of carbonyl (C=O) groups is 2. The first-order valence-corrected chi connectivity index (χ1v) is 10.9. The fraction of sp³-hybridized carbons (Fsp3) is 0.214. The summed E-state index contributed by atoms with van der Waals surface area (Å²) in [7, 11) is 3.01. The molecule has 4 rings (SSSR count). The van der Waals surface area contributed by atoms with Crippen LogP contribution in [0.25, 0.3) is 11.1 Å². The molecular formula is C28H25NO5. The van der Waals surface area contributed by atoms with Crippen molar-refractivity contribution in [2.24, 2.45) is 0 Å². The minimum absolute atomic E-state index is 0.0206. The lowest BCUT2D eigenvalue weighted by molar-refractivity contribution is 0.112. The van der Waals surface area contributed by atoms with Gasteiger partial charge in [0, 0.05) is 24.4 Å². The molecule has 0 saturated carbocycles. The number of ether oxygens (including phenoxy) is 3. The van der Waals surface area contributed by atoms with Crippen LogP contribution in [0.4, 0.5) is 4.79 Å². The van der Waals surface area contributed by atoms with Gasteiger partial charge in [0.15, 0.2) is 0 Å². The molecule has 6 heteroatoms. The lowest BCUT2D eigenvalue weighted by atomic mass is 9.98. The SMILES string of the molecule is COc1cc(C=O)cc(OC)c1C#CCCNC(=O)OCC1c2ccccc2-c2ccccc21. The number of hydrogen-bond acceptors (Lipinski definition) is 5. The van der Waals surface area contributed by atoms with Crippen molar-refractivity contribution in [1.29, 1.82) is 0 Å². The average Bonchev–Trinajstić information content (AvgIpc) is 3.20. The minimum Gasteiger partial charge on any atom is -0.495 e. The summed E-state index contributed by atoms with van der Waals surface area (Å²) in [5.74, 6) is 6.93. The molecule has 3 aromatic rings. The number of hydrogen-bond donors (Lipinski definition) is 1. The van der Waals surface area contributed by atoms with E-state index >= 15 is 0 Å². The van der Waals surface area contributed by atoms with Crippen molar-refractivity contribution in [3.05, 3.63) is 82.9 Å². The normalized spacial score (nSPS) is 11.5. The first-order chi connectivity index (χ1) is 16.7. The average molecular weight is 456 g/mol. The third kappa shape index (κ3) is 4.74. The fourth-order valence-corrected chi connectivity index (χ4v) is 4.15. The smallest absolute Gasteiger partial charge is 0.407 e. The van der Waals surface area contributed by atoms with Gasteiger partial charge in [-0.25, -0.2) is 4.79 Å². The third-order valence-corrected chi connectivity index (χ3v) is 5.74. The van der Waals surface area contributed by atoms with Crippen LogP contribution in [0, 0.1) is 11.8 Å². The summed E-state index contributed by atoms with van der Waals surface area (Å²) in [5, 5.41) is 2.74. The van der Waals surface area contributed by atoms with Crippen LogP contribution in [0.2, 0.25) is 0 Å². The molecule has 0 heterocycles. The predicted molar refractivity (Wildman–Crippen MR) is 130 cm³/mol. The van der Waals surface area contributed by atoms with Gasteiger partial charge in [-0.2, -0.15) is 0 Å². The highest BCUT2D eigenvalue weighted by Gasteiger charge is 2.28. The molecule has 0 saturated heterocycles. The Morgan fingerprint density at radius 3 is 2.12 bits per heavy atom. The van der Waals surface area contributed by atoms with Crippen LogP contribution in [-0.2, 0) is 4.74 Å². The standard InChI is InChI=1S/C28H25NO5/c1-32-26-15-19(17-30)16-27(33-2)24(26)13-7-8-14-29-28(31)34-18-25-22-11-5-3-9-20(22)21-10-4-6-12-23(21)25/h3-6,9-12,15-17,25H,8,14,18H2,1-2H3,(H,29,31). The summed E-state index contributed by atoms with van der Waals surface area (Å²) in [5.41, 5.74) is 5.72. The van der Waals surface area contributed by atoms with E-state index in [9.17, 15) is 9.59 Å². The van der Waals surface area contributed by atoms with Gasteiger partial charge in [-0.15, -0.1) is 0 Å². The Morgan fingerprint density at radius 1 is 0.971 bits per heavy atom. The molecule has 0 spiro atoms. The zero-order valence-corrected chi connectivity index (χ0v) is 19.1. The summed E-state index contributed by atoms with van der Waals surface area (Å²) in [6.45, 7) is 0.601. The summed E-state index contributed by atoms with van der Waals surface area (Å²) in [6, 6.07) is 19.6. The highest BCUT2D eigenvalue weighted by Crippen LogP contribution is 2.44. The molecule has 0 unspecified atom stereocenters. The molecule has 0 bridgehead atoms. The van der Waals surface area contributed by atoms with Crippen LogP contribution in [0.3, 0.4) is 0 Å². The molecule has 0 fully saturated rings. The van der Waals surface area contributed by atoms with E-state index in [1.807, 2.05) is 24.3 Å². The Kier molecular flexibility index (Phi) is 7.14. The van der Waals surface area contributed by atoms with Crippen LogP contribution >= 0.6 is 0 Å². The van der Waals surface area contributed by atoms with Gasteiger partial charge in [0.2, 0.25) is 0 Å². The van der Waals surface area contributed by atoms with Crippen LogP contribution < -0.4 is 14.8 Å². The van der Waals surface area contributed by atoms with E-state index < -0.39 is 6.09 Å². The summed E-state index contributed by atoms with van der Waals surface area (Å²) in [6.07, 6.45) is 0.654. The number of carbonyl (C=O) groups excluding carboxylic acids is 2. The maximum atomic E-state index is 12.3. The number of rotatable bonds is 7. The van der Waals surface area contributed by atoms with Gasteiger partial charge in [0.1, 0.15) is 30.0 Å². The van der Waals surface area contributed by atoms with E-state index in [0.717, 1.165) is 6.29 Å². The van der Waals surface area contributed by atoms with Crippen LogP contribution in [0.5, 0.6) is 11.5 Å². The summed E-state index contributed by atoms with van der Waals surface area (Å²) >= 11 is 0. The van der Waals surface area contributed by atoms with E-state index in [2.05, 4.69) is 41.4 Å². The molecule has 0 radical (unpaired) electrons. The number of benzene rings is 3. The van der Waals surface area contributed by atoms with Gasteiger partial charge >= 0.3 is 6.09 Å². The molecule has 6 nitrogen and oxygen atoms in total. The van der Waals surface area contributed by atoms with Gasteiger partial charge in [-0.1, -0.05) is 60.4 Å². The van der Waals surface area contributed by atoms with Crippen molar-refractivity contribution in [2.75, 3.05) is 27.4 Å². The lowest BCUT2D eigenvalue weighted by Gasteiger charge is -2.14. The first-order valence-electron chi connectivity index (χ1n) is 10.9. The van der Waals surface area contributed by atoms with Gasteiger partial charge in [0.05, 0.1) is 14.2 Å². The Bertz CT molecular complexity index is 1200. The molecule has 0 aliphatic heterocycles. The lowest BCUT2D eigenvalue weighted by Crippen LogP contribution is -2.26. The number of amides is 1. The molecule has 0 aromatic heterocycles. The number of fused-ring (bicyclic) bond motifs is 3. The second-order valence-electron chi connectivity index (χ2n) is 7.72.